The van der Waals surface area contributed by atoms with Gasteiger partial charge < -0.3 is 5.32 Å². The van der Waals surface area contributed by atoms with Gasteiger partial charge in [-0.3, -0.25) is 14.3 Å². The summed E-state index contributed by atoms with van der Waals surface area (Å²) < 4.78 is 2.02. The molecular weight excluding hydrogens is 356 g/mol. The van der Waals surface area contributed by atoms with Crippen molar-refractivity contribution in [2.75, 3.05) is 25.9 Å². The van der Waals surface area contributed by atoms with Gasteiger partial charge in [0, 0.05) is 42.3 Å². The molecule has 1 unspecified atom stereocenters. The summed E-state index contributed by atoms with van der Waals surface area (Å²) in [5.74, 6) is 0.714. The number of carbonyl (C=O) groups is 1. The number of rotatable bonds is 6. The molecule has 1 fully saturated rings. The average Bonchev–Trinajstić information content (AvgIpc) is 3.15. The highest BCUT2D eigenvalue weighted by Gasteiger charge is 2.30. The monoisotopic (exact) mass is 386 g/mol. The minimum atomic E-state index is -0.0334. The molecule has 5 nitrogen and oxygen atoms in total. The molecule has 27 heavy (non-hydrogen) atoms. The first-order valence-corrected chi connectivity index (χ1v) is 10.8. The number of hydrogen-bond donors (Lipinski definition) is 1. The predicted octanol–water partition coefficient (Wildman–Crippen LogP) is 3.83. The zero-order valence-corrected chi connectivity index (χ0v) is 17.6. The smallest absolute Gasteiger partial charge is 0.251 e. The number of benzene rings is 1. The first-order chi connectivity index (χ1) is 12.9. The third-order valence-electron chi connectivity index (χ3n) is 5.39. The number of hydrogen-bond acceptors (Lipinski definition) is 4. The molecule has 1 atom stereocenters. The molecule has 2 aromatic rings. The van der Waals surface area contributed by atoms with Crippen LogP contribution in [0.3, 0.4) is 0 Å². The molecule has 0 saturated carbocycles. The fraction of sp³-hybridized carbons (Fsp3) is 0.524. The van der Waals surface area contributed by atoms with Gasteiger partial charge in [-0.05, 0) is 69.7 Å². The van der Waals surface area contributed by atoms with E-state index in [4.69, 9.17) is 0 Å². The summed E-state index contributed by atoms with van der Waals surface area (Å²) in [4.78, 5) is 19.4. The molecule has 3 rings (SSSR count). The third-order valence-corrected chi connectivity index (χ3v) is 6.06. The lowest BCUT2D eigenvalue weighted by atomic mass is 9.93. The average molecular weight is 387 g/mol. The topological polar surface area (TPSA) is 50.2 Å². The standard InChI is InChI=1S/C21H30N4OS/c1-16-6-5-12-24(14-16)21(2,3)15-23-19(26)17-7-9-18(10-8-17)25-13-11-22-20(25)27-4/h7-11,13,16H,5-6,12,14-15H2,1-4H3,(H,23,26). The molecular formula is C21H30N4OS. The van der Waals surface area contributed by atoms with Crippen LogP contribution in [0.5, 0.6) is 0 Å². The van der Waals surface area contributed by atoms with Crippen molar-refractivity contribution in [1.82, 2.24) is 19.8 Å². The second kappa shape index (κ2) is 8.48. The third kappa shape index (κ3) is 4.74. The van der Waals surface area contributed by atoms with Gasteiger partial charge in [-0.1, -0.05) is 18.7 Å². The first-order valence-electron chi connectivity index (χ1n) is 9.62. The number of likely N-dealkylation sites (tertiary alicyclic amines) is 1. The Morgan fingerprint density at radius 3 is 2.74 bits per heavy atom. The van der Waals surface area contributed by atoms with Crippen LogP contribution in [0.15, 0.2) is 41.8 Å². The number of amides is 1. The summed E-state index contributed by atoms with van der Waals surface area (Å²) >= 11 is 1.60. The van der Waals surface area contributed by atoms with Crippen molar-refractivity contribution in [3.05, 3.63) is 42.2 Å². The van der Waals surface area contributed by atoms with Gasteiger partial charge in [0.25, 0.3) is 5.91 Å². The molecule has 6 heteroatoms. The fourth-order valence-electron chi connectivity index (χ4n) is 3.66. The van der Waals surface area contributed by atoms with Crippen molar-refractivity contribution in [2.45, 2.75) is 44.3 Å². The molecule has 0 radical (unpaired) electrons. The van der Waals surface area contributed by atoms with Crippen LogP contribution in [-0.2, 0) is 0 Å². The van der Waals surface area contributed by atoms with Gasteiger partial charge in [-0.15, -0.1) is 0 Å². The van der Waals surface area contributed by atoms with Crippen LogP contribution in [0.2, 0.25) is 0 Å². The first kappa shape index (κ1) is 20.0. The van der Waals surface area contributed by atoms with Crippen LogP contribution in [0.4, 0.5) is 0 Å². The molecule has 0 spiro atoms. The lowest BCUT2D eigenvalue weighted by Crippen LogP contribution is -2.54. The van der Waals surface area contributed by atoms with E-state index in [1.807, 2.05) is 41.3 Å². The van der Waals surface area contributed by atoms with Crippen molar-refractivity contribution in [2.24, 2.45) is 5.92 Å². The van der Waals surface area contributed by atoms with Crippen LogP contribution in [0.1, 0.15) is 44.0 Å². The van der Waals surface area contributed by atoms with Crippen LogP contribution in [-0.4, -0.2) is 51.8 Å². The predicted molar refractivity (Wildman–Crippen MR) is 112 cm³/mol. The Bertz CT molecular complexity index is 769. The van der Waals surface area contributed by atoms with E-state index in [-0.39, 0.29) is 11.4 Å². The Hall–Kier alpha value is -1.79. The van der Waals surface area contributed by atoms with E-state index in [0.717, 1.165) is 29.9 Å². The second-order valence-corrected chi connectivity index (χ2v) is 8.79. The number of carbonyl (C=O) groups excluding carboxylic acids is 1. The van der Waals surface area contributed by atoms with Gasteiger partial charge in [0.15, 0.2) is 5.16 Å². The molecule has 1 saturated heterocycles. The van der Waals surface area contributed by atoms with Crippen molar-refractivity contribution in [1.29, 1.82) is 0 Å². The molecule has 2 heterocycles. The van der Waals surface area contributed by atoms with E-state index < -0.39 is 0 Å². The van der Waals surface area contributed by atoms with E-state index in [1.54, 1.807) is 18.0 Å². The van der Waals surface area contributed by atoms with Crippen molar-refractivity contribution in [3.63, 3.8) is 0 Å². The number of aromatic nitrogens is 2. The van der Waals surface area contributed by atoms with E-state index in [2.05, 4.69) is 36.0 Å². The zero-order chi connectivity index (χ0) is 19.4. The Kier molecular flexibility index (Phi) is 6.27. The summed E-state index contributed by atoms with van der Waals surface area (Å²) in [6.07, 6.45) is 8.28. The highest BCUT2D eigenvalue weighted by Crippen LogP contribution is 2.23. The van der Waals surface area contributed by atoms with Gasteiger partial charge in [-0.25, -0.2) is 4.98 Å². The normalized spacial score (nSPS) is 18.4. The maximum Gasteiger partial charge on any atom is 0.251 e. The molecule has 1 aliphatic heterocycles. The van der Waals surface area contributed by atoms with E-state index in [9.17, 15) is 4.79 Å². The van der Waals surface area contributed by atoms with Crippen LogP contribution in [0.25, 0.3) is 5.69 Å². The maximum atomic E-state index is 12.6. The SMILES string of the molecule is CSc1nccn1-c1ccc(C(=O)NCC(C)(C)N2CCCC(C)C2)cc1. The lowest BCUT2D eigenvalue weighted by molar-refractivity contribution is 0.0657. The second-order valence-electron chi connectivity index (χ2n) is 8.02. The highest BCUT2D eigenvalue weighted by atomic mass is 32.2. The summed E-state index contributed by atoms with van der Waals surface area (Å²) in [5, 5.41) is 4.06. The molecule has 0 aliphatic carbocycles. The minimum Gasteiger partial charge on any atom is -0.350 e. The number of nitrogens with one attached hydrogen (secondary N) is 1. The molecule has 1 amide bonds. The van der Waals surface area contributed by atoms with Crippen LogP contribution >= 0.6 is 11.8 Å². The van der Waals surface area contributed by atoms with Crippen LogP contribution in [0, 0.1) is 5.92 Å². The molecule has 1 aromatic heterocycles. The Morgan fingerprint density at radius 1 is 1.33 bits per heavy atom. The van der Waals surface area contributed by atoms with E-state index in [1.165, 1.54) is 12.8 Å². The number of piperidine rings is 1. The Morgan fingerprint density at radius 2 is 2.07 bits per heavy atom. The fourth-order valence-corrected chi connectivity index (χ4v) is 4.19. The minimum absolute atomic E-state index is 0.0181. The van der Waals surface area contributed by atoms with Gasteiger partial charge >= 0.3 is 0 Å². The lowest BCUT2D eigenvalue weighted by Gasteiger charge is -2.43. The molecule has 0 bridgehead atoms. The maximum absolute atomic E-state index is 12.6. The Balaban J connectivity index is 1.61. The zero-order valence-electron chi connectivity index (χ0n) is 16.7. The Labute approximate surface area is 166 Å². The summed E-state index contributed by atoms with van der Waals surface area (Å²) in [6, 6.07) is 7.69. The summed E-state index contributed by atoms with van der Waals surface area (Å²) in [6.45, 7) is 9.63. The van der Waals surface area contributed by atoms with Gasteiger partial charge in [-0.2, -0.15) is 0 Å². The number of thioether (sulfide) groups is 1. The molecule has 1 aliphatic rings. The highest BCUT2D eigenvalue weighted by molar-refractivity contribution is 7.98. The van der Waals surface area contributed by atoms with Crippen molar-refractivity contribution < 1.29 is 4.79 Å². The quantitative estimate of drug-likeness (QED) is 0.767. The van der Waals surface area contributed by atoms with E-state index >= 15 is 0 Å². The van der Waals surface area contributed by atoms with Crippen LogP contribution < -0.4 is 5.32 Å². The van der Waals surface area contributed by atoms with Gasteiger partial charge in [0.1, 0.15) is 0 Å². The van der Waals surface area contributed by atoms with Crippen molar-refractivity contribution in [3.8, 4) is 5.69 Å². The molecule has 146 valence electrons. The largest absolute Gasteiger partial charge is 0.350 e. The van der Waals surface area contributed by atoms with Gasteiger partial charge in [0.05, 0.1) is 0 Å². The summed E-state index contributed by atoms with van der Waals surface area (Å²) in [7, 11) is 0. The van der Waals surface area contributed by atoms with Crippen molar-refractivity contribution >= 4 is 17.7 Å². The summed E-state index contributed by atoms with van der Waals surface area (Å²) in [5.41, 5.74) is 1.66. The number of imidazole rings is 1. The molecule has 1 N–H and O–H groups in total. The van der Waals surface area contributed by atoms with E-state index in [0.29, 0.717) is 12.1 Å². The molecule has 1 aromatic carbocycles. The number of nitrogens with zero attached hydrogens (tertiary/aromatic N) is 3. The van der Waals surface area contributed by atoms with Gasteiger partial charge in [0.2, 0.25) is 0 Å².